The summed E-state index contributed by atoms with van der Waals surface area (Å²) in [5.74, 6) is -1.02. The van der Waals surface area contributed by atoms with E-state index >= 15 is 0 Å². The zero-order valence-corrected chi connectivity index (χ0v) is 14.0. The van der Waals surface area contributed by atoms with Gasteiger partial charge in [-0.25, -0.2) is 4.79 Å². The summed E-state index contributed by atoms with van der Waals surface area (Å²) in [4.78, 5) is 26.4. The van der Waals surface area contributed by atoms with Crippen molar-refractivity contribution in [1.82, 2.24) is 4.90 Å². The molecule has 1 heterocycles. The second-order valence-corrected chi connectivity index (χ2v) is 7.04. The minimum absolute atomic E-state index is 0.0311. The fourth-order valence-electron chi connectivity index (χ4n) is 3.27. The second-order valence-electron chi connectivity index (χ2n) is 7.04. The van der Waals surface area contributed by atoms with Crippen molar-refractivity contribution in [2.24, 2.45) is 5.41 Å². The molecule has 0 aromatic heterocycles. The number of amides is 1. The minimum Gasteiger partial charge on any atom is -0.478 e. The molecule has 2 aromatic carbocycles. The summed E-state index contributed by atoms with van der Waals surface area (Å²) in [7, 11) is 0. The molecule has 3 rings (SSSR count). The molecule has 0 bridgehead atoms. The van der Waals surface area contributed by atoms with Crippen molar-refractivity contribution in [3.8, 4) is 11.1 Å². The summed E-state index contributed by atoms with van der Waals surface area (Å²) in [6, 6.07) is 14.1. The number of hydrogen-bond donors (Lipinski definition) is 1. The molecule has 0 radical (unpaired) electrons. The Labute approximate surface area is 141 Å². The molecule has 24 heavy (non-hydrogen) atoms. The highest BCUT2D eigenvalue weighted by molar-refractivity contribution is 6.04. The van der Waals surface area contributed by atoms with E-state index in [1.165, 1.54) is 0 Å². The van der Waals surface area contributed by atoms with Gasteiger partial charge in [0, 0.05) is 18.7 Å². The second kappa shape index (κ2) is 6.11. The number of carboxylic acids is 1. The smallest absolute Gasteiger partial charge is 0.336 e. The first kappa shape index (κ1) is 16.2. The maximum atomic E-state index is 13.0. The summed E-state index contributed by atoms with van der Waals surface area (Å²) in [5.41, 5.74) is 2.14. The fourth-order valence-corrected chi connectivity index (χ4v) is 3.27. The van der Waals surface area contributed by atoms with Crippen molar-refractivity contribution in [1.29, 1.82) is 0 Å². The van der Waals surface area contributed by atoms with Gasteiger partial charge in [-0.2, -0.15) is 0 Å². The Morgan fingerprint density at radius 2 is 1.50 bits per heavy atom. The van der Waals surface area contributed by atoms with Crippen molar-refractivity contribution < 1.29 is 14.7 Å². The maximum Gasteiger partial charge on any atom is 0.336 e. The van der Waals surface area contributed by atoms with Gasteiger partial charge in [-0.15, -0.1) is 0 Å². The van der Waals surface area contributed by atoms with E-state index in [4.69, 9.17) is 0 Å². The Morgan fingerprint density at radius 1 is 0.958 bits per heavy atom. The van der Waals surface area contributed by atoms with Crippen LogP contribution in [0, 0.1) is 5.41 Å². The van der Waals surface area contributed by atoms with E-state index in [0.717, 1.165) is 19.5 Å². The molecular formula is C20H21NO3. The van der Waals surface area contributed by atoms with Gasteiger partial charge < -0.3 is 10.0 Å². The van der Waals surface area contributed by atoms with E-state index in [0.29, 0.717) is 16.7 Å². The Kier molecular flexibility index (Phi) is 4.14. The number of carbonyl (C=O) groups excluding carboxylic acids is 1. The third-order valence-corrected chi connectivity index (χ3v) is 4.57. The van der Waals surface area contributed by atoms with E-state index in [9.17, 15) is 14.7 Å². The Morgan fingerprint density at radius 3 is 2.04 bits per heavy atom. The van der Waals surface area contributed by atoms with Crippen molar-refractivity contribution in [3.63, 3.8) is 0 Å². The van der Waals surface area contributed by atoms with Crippen LogP contribution in [0.25, 0.3) is 11.1 Å². The number of carbonyl (C=O) groups is 2. The van der Waals surface area contributed by atoms with Crippen LogP contribution in [0.2, 0.25) is 0 Å². The Bertz CT molecular complexity index is 795. The predicted octanol–water partition coefficient (Wildman–Crippen LogP) is 3.92. The number of nitrogens with zero attached hydrogens (tertiary/aromatic N) is 1. The Hall–Kier alpha value is -2.62. The van der Waals surface area contributed by atoms with E-state index in [2.05, 4.69) is 13.8 Å². The van der Waals surface area contributed by atoms with Crippen LogP contribution in [0.15, 0.2) is 48.5 Å². The number of rotatable bonds is 3. The Balaban J connectivity index is 2.04. The van der Waals surface area contributed by atoms with E-state index in [1.807, 2.05) is 23.1 Å². The van der Waals surface area contributed by atoms with Crippen LogP contribution in [-0.4, -0.2) is 35.0 Å². The van der Waals surface area contributed by atoms with Gasteiger partial charge in [0.1, 0.15) is 0 Å². The van der Waals surface area contributed by atoms with Crippen molar-refractivity contribution in [2.45, 2.75) is 20.3 Å². The summed E-state index contributed by atoms with van der Waals surface area (Å²) in [6.07, 6.45) is 0.979. The lowest BCUT2D eigenvalue weighted by Crippen LogP contribution is -2.30. The number of aromatic carboxylic acids is 1. The quantitative estimate of drug-likeness (QED) is 0.931. The van der Waals surface area contributed by atoms with Gasteiger partial charge in [-0.05, 0) is 35.1 Å². The highest BCUT2D eigenvalue weighted by Gasteiger charge is 2.33. The molecule has 1 saturated heterocycles. The largest absolute Gasteiger partial charge is 0.478 e. The third kappa shape index (κ3) is 3.04. The highest BCUT2D eigenvalue weighted by atomic mass is 16.4. The van der Waals surface area contributed by atoms with Crippen LogP contribution in [0.3, 0.4) is 0 Å². The number of carboxylic acid groups (broad SMARTS) is 1. The molecule has 1 amide bonds. The molecule has 0 atom stereocenters. The van der Waals surface area contributed by atoms with Gasteiger partial charge in [0.2, 0.25) is 0 Å². The summed E-state index contributed by atoms with van der Waals surface area (Å²) in [5, 5.41) is 9.44. The molecule has 0 aliphatic carbocycles. The zero-order chi connectivity index (χ0) is 17.3. The highest BCUT2D eigenvalue weighted by Crippen LogP contribution is 2.33. The molecule has 1 N–H and O–H groups in total. The zero-order valence-electron chi connectivity index (χ0n) is 14.0. The van der Waals surface area contributed by atoms with E-state index < -0.39 is 5.97 Å². The summed E-state index contributed by atoms with van der Waals surface area (Å²) in [6.45, 7) is 5.78. The lowest BCUT2D eigenvalue weighted by molar-refractivity contribution is 0.0696. The lowest BCUT2D eigenvalue weighted by atomic mass is 9.93. The van der Waals surface area contributed by atoms with Gasteiger partial charge in [0.25, 0.3) is 5.91 Å². The molecule has 4 heteroatoms. The number of likely N-dealkylation sites (tertiary alicyclic amines) is 1. The van der Waals surface area contributed by atoms with Crippen LogP contribution in [-0.2, 0) is 0 Å². The summed E-state index contributed by atoms with van der Waals surface area (Å²) >= 11 is 0. The van der Waals surface area contributed by atoms with Crippen LogP contribution in [0.4, 0.5) is 0 Å². The first-order valence-corrected chi connectivity index (χ1v) is 8.10. The van der Waals surface area contributed by atoms with Crippen LogP contribution < -0.4 is 0 Å². The van der Waals surface area contributed by atoms with Crippen LogP contribution in [0.1, 0.15) is 41.0 Å². The minimum atomic E-state index is -0.991. The standard InChI is InChI=1S/C20H21NO3/c1-20(2)11-12-21(13-20)18(22)16-9-5-3-7-14(16)15-8-4-6-10-17(15)19(23)24/h3-10H,11-13H2,1-2H3,(H,23,24). The average Bonchev–Trinajstić information content (AvgIpc) is 2.94. The lowest BCUT2D eigenvalue weighted by Gasteiger charge is -2.21. The number of hydrogen-bond acceptors (Lipinski definition) is 2. The molecule has 1 aliphatic heterocycles. The van der Waals surface area contributed by atoms with Gasteiger partial charge in [-0.1, -0.05) is 50.2 Å². The average molecular weight is 323 g/mol. The maximum absolute atomic E-state index is 13.0. The van der Waals surface area contributed by atoms with Crippen LogP contribution >= 0.6 is 0 Å². The van der Waals surface area contributed by atoms with E-state index in [1.54, 1.807) is 30.3 Å². The van der Waals surface area contributed by atoms with Crippen molar-refractivity contribution in [2.75, 3.05) is 13.1 Å². The first-order valence-electron chi connectivity index (χ1n) is 8.10. The molecule has 1 aliphatic rings. The summed E-state index contributed by atoms with van der Waals surface area (Å²) < 4.78 is 0. The SMILES string of the molecule is CC1(C)CCN(C(=O)c2ccccc2-c2ccccc2C(=O)O)C1. The monoisotopic (exact) mass is 323 g/mol. The number of benzene rings is 2. The third-order valence-electron chi connectivity index (χ3n) is 4.57. The molecule has 0 spiro atoms. The van der Waals surface area contributed by atoms with Crippen molar-refractivity contribution >= 4 is 11.9 Å². The van der Waals surface area contributed by atoms with Gasteiger partial charge in [-0.3, -0.25) is 4.79 Å². The molecular weight excluding hydrogens is 302 g/mol. The first-order chi connectivity index (χ1) is 11.4. The predicted molar refractivity (Wildman–Crippen MR) is 93.1 cm³/mol. The van der Waals surface area contributed by atoms with Crippen molar-refractivity contribution in [3.05, 3.63) is 59.7 Å². The van der Waals surface area contributed by atoms with E-state index in [-0.39, 0.29) is 16.9 Å². The molecule has 1 fully saturated rings. The molecule has 2 aromatic rings. The fraction of sp³-hybridized carbons (Fsp3) is 0.300. The normalized spacial score (nSPS) is 16.2. The molecule has 4 nitrogen and oxygen atoms in total. The van der Waals surface area contributed by atoms with Crippen LogP contribution in [0.5, 0.6) is 0 Å². The van der Waals surface area contributed by atoms with Gasteiger partial charge >= 0.3 is 5.97 Å². The topological polar surface area (TPSA) is 57.6 Å². The molecule has 0 saturated carbocycles. The molecule has 0 unspecified atom stereocenters. The van der Waals surface area contributed by atoms with Gasteiger partial charge in [0.05, 0.1) is 5.56 Å². The molecule has 124 valence electrons. The van der Waals surface area contributed by atoms with Gasteiger partial charge in [0.15, 0.2) is 0 Å².